The Morgan fingerprint density at radius 1 is 1.36 bits per heavy atom. The number of imidazole rings is 1. The summed E-state index contributed by atoms with van der Waals surface area (Å²) >= 11 is 0. The normalized spacial score (nSPS) is 20.2. The number of aromatic nitrogens is 2. The molecule has 1 aliphatic heterocycles. The van der Waals surface area contributed by atoms with Gasteiger partial charge >= 0.3 is 0 Å². The van der Waals surface area contributed by atoms with Crippen LogP contribution in [0.2, 0.25) is 0 Å². The number of hydrogen-bond acceptors (Lipinski definition) is 4. The number of benzene rings is 1. The molecule has 1 aliphatic rings. The Morgan fingerprint density at radius 2 is 2.12 bits per heavy atom. The van der Waals surface area contributed by atoms with Gasteiger partial charge in [0.25, 0.3) is 0 Å². The van der Waals surface area contributed by atoms with E-state index in [0.717, 1.165) is 17.8 Å². The van der Waals surface area contributed by atoms with E-state index in [0.29, 0.717) is 18.9 Å². The van der Waals surface area contributed by atoms with Crippen molar-refractivity contribution in [3.63, 3.8) is 0 Å². The first kappa shape index (κ1) is 17.6. The molecular formula is C18H24FN5O. The quantitative estimate of drug-likeness (QED) is 0.748. The van der Waals surface area contributed by atoms with Gasteiger partial charge in [-0.25, -0.2) is 20.2 Å². The van der Waals surface area contributed by atoms with E-state index in [-0.39, 0.29) is 23.8 Å². The van der Waals surface area contributed by atoms with E-state index in [1.54, 1.807) is 24.7 Å². The third kappa shape index (κ3) is 4.43. The van der Waals surface area contributed by atoms with Crippen LogP contribution in [0.1, 0.15) is 37.6 Å². The van der Waals surface area contributed by atoms with Crippen molar-refractivity contribution in [2.45, 2.75) is 45.4 Å². The molecule has 0 radical (unpaired) electrons. The number of carbonyl (C=O) groups is 1. The molecule has 3 rings (SSSR count). The van der Waals surface area contributed by atoms with Crippen molar-refractivity contribution in [1.29, 1.82) is 0 Å². The zero-order valence-corrected chi connectivity index (χ0v) is 14.5. The molecule has 0 spiro atoms. The van der Waals surface area contributed by atoms with Crippen LogP contribution in [0.25, 0.3) is 0 Å². The number of halogens is 1. The molecule has 7 heteroatoms. The molecule has 2 aromatic rings. The first-order valence-corrected chi connectivity index (χ1v) is 8.56. The molecule has 2 unspecified atom stereocenters. The van der Waals surface area contributed by atoms with Crippen LogP contribution in [0.3, 0.4) is 0 Å². The number of hydrazine groups is 1. The van der Waals surface area contributed by atoms with Crippen molar-refractivity contribution >= 4 is 5.91 Å². The molecule has 1 aromatic heterocycles. The molecule has 1 fully saturated rings. The lowest BCUT2D eigenvalue weighted by Crippen LogP contribution is -2.43. The fourth-order valence-corrected chi connectivity index (χ4v) is 3.00. The minimum absolute atomic E-state index is 0.0113. The van der Waals surface area contributed by atoms with Gasteiger partial charge in [-0.15, -0.1) is 0 Å². The average Bonchev–Trinajstić information content (AvgIpc) is 3.22. The van der Waals surface area contributed by atoms with Crippen LogP contribution in [0.15, 0.2) is 36.8 Å². The third-order valence-electron chi connectivity index (χ3n) is 4.30. The molecule has 0 aliphatic carbocycles. The molecule has 2 heterocycles. The maximum absolute atomic E-state index is 13.0. The first-order chi connectivity index (χ1) is 12.0. The van der Waals surface area contributed by atoms with Crippen molar-refractivity contribution in [2.24, 2.45) is 5.92 Å². The summed E-state index contributed by atoms with van der Waals surface area (Å²) in [5.41, 5.74) is 8.07. The lowest BCUT2D eigenvalue weighted by molar-refractivity contribution is -0.123. The van der Waals surface area contributed by atoms with Crippen LogP contribution in [0, 0.1) is 11.7 Å². The van der Waals surface area contributed by atoms with Crippen LogP contribution in [-0.2, 0) is 17.9 Å². The second-order valence-corrected chi connectivity index (χ2v) is 6.83. The molecule has 6 nitrogen and oxygen atoms in total. The van der Waals surface area contributed by atoms with Gasteiger partial charge in [0.05, 0.1) is 18.6 Å². The number of nitrogens with zero attached hydrogens (tertiary/aromatic N) is 2. The molecule has 1 saturated heterocycles. The maximum atomic E-state index is 13.0. The van der Waals surface area contributed by atoms with Gasteiger partial charge in [0.2, 0.25) is 5.91 Å². The van der Waals surface area contributed by atoms with E-state index in [1.807, 2.05) is 0 Å². The standard InChI is InChI=1S/C18H24FN5O/c1-12(2)10-24-11-20-8-15(24)9-21-18(25)17-7-16(22-23-17)13-3-5-14(19)6-4-13/h3-6,8,11-12,16-17,22-23H,7,9-10H2,1-2H3,(H,21,25). The van der Waals surface area contributed by atoms with Gasteiger partial charge in [0.1, 0.15) is 11.9 Å². The van der Waals surface area contributed by atoms with Gasteiger partial charge in [0.15, 0.2) is 0 Å². The van der Waals surface area contributed by atoms with Crippen molar-refractivity contribution in [2.75, 3.05) is 0 Å². The first-order valence-electron chi connectivity index (χ1n) is 8.56. The number of carbonyl (C=O) groups excluding carboxylic acids is 1. The van der Waals surface area contributed by atoms with Crippen molar-refractivity contribution in [3.05, 3.63) is 53.9 Å². The molecule has 25 heavy (non-hydrogen) atoms. The lowest BCUT2D eigenvalue weighted by Gasteiger charge is -2.13. The van der Waals surface area contributed by atoms with E-state index in [4.69, 9.17) is 0 Å². The van der Waals surface area contributed by atoms with Crippen LogP contribution in [-0.4, -0.2) is 21.5 Å². The number of hydrogen-bond donors (Lipinski definition) is 3. The summed E-state index contributed by atoms with van der Waals surface area (Å²) in [5.74, 6) is 0.192. The Bertz CT molecular complexity index is 713. The van der Waals surface area contributed by atoms with Crippen LogP contribution in [0.4, 0.5) is 4.39 Å². The van der Waals surface area contributed by atoms with E-state index in [2.05, 4.69) is 39.6 Å². The predicted molar refractivity (Wildman–Crippen MR) is 92.7 cm³/mol. The maximum Gasteiger partial charge on any atom is 0.238 e. The summed E-state index contributed by atoms with van der Waals surface area (Å²) < 4.78 is 15.1. The highest BCUT2D eigenvalue weighted by molar-refractivity contribution is 5.82. The summed E-state index contributed by atoms with van der Waals surface area (Å²) in [4.78, 5) is 16.6. The fourth-order valence-electron chi connectivity index (χ4n) is 3.00. The SMILES string of the molecule is CC(C)Cn1cncc1CNC(=O)C1CC(c2ccc(F)cc2)NN1. The van der Waals surface area contributed by atoms with Crippen LogP contribution in [0.5, 0.6) is 0 Å². The molecule has 1 amide bonds. The van der Waals surface area contributed by atoms with Crippen molar-refractivity contribution in [1.82, 2.24) is 25.7 Å². The second kappa shape index (κ2) is 7.76. The topological polar surface area (TPSA) is 71.0 Å². The zero-order valence-electron chi connectivity index (χ0n) is 14.5. The largest absolute Gasteiger partial charge is 0.349 e. The number of nitrogens with one attached hydrogen (secondary N) is 3. The minimum atomic E-state index is -0.323. The Labute approximate surface area is 146 Å². The molecule has 2 atom stereocenters. The number of rotatable bonds is 6. The Hall–Kier alpha value is -2.25. The monoisotopic (exact) mass is 345 g/mol. The van der Waals surface area contributed by atoms with E-state index >= 15 is 0 Å². The highest BCUT2D eigenvalue weighted by Crippen LogP contribution is 2.22. The summed E-state index contributed by atoms with van der Waals surface area (Å²) in [6.45, 7) is 5.62. The summed E-state index contributed by atoms with van der Waals surface area (Å²) in [5, 5.41) is 2.96. The molecular weight excluding hydrogens is 321 g/mol. The smallest absolute Gasteiger partial charge is 0.238 e. The van der Waals surface area contributed by atoms with Crippen LogP contribution >= 0.6 is 0 Å². The molecule has 134 valence electrons. The summed E-state index contributed by atoms with van der Waals surface area (Å²) in [6, 6.07) is 6.00. The highest BCUT2D eigenvalue weighted by Gasteiger charge is 2.30. The molecule has 0 saturated carbocycles. The van der Waals surface area contributed by atoms with E-state index in [1.165, 1.54) is 12.1 Å². The van der Waals surface area contributed by atoms with Crippen LogP contribution < -0.4 is 16.2 Å². The second-order valence-electron chi connectivity index (χ2n) is 6.83. The van der Waals surface area contributed by atoms with Crippen molar-refractivity contribution < 1.29 is 9.18 Å². The zero-order chi connectivity index (χ0) is 17.8. The van der Waals surface area contributed by atoms with Gasteiger partial charge in [-0.1, -0.05) is 26.0 Å². The van der Waals surface area contributed by atoms with Gasteiger partial charge in [-0.3, -0.25) is 4.79 Å². The fraction of sp³-hybridized carbons (Fsp3) is 0.444. The van der Waals surface area contributed by atoms with Gasteiger partial charge in [0, 0.05) is 18.8 Å². The van der Waals surface area contributed by atoms with E-state index in [9.17, 15) is 9.18 Å². The van der Waals surface area contributed by atoms with Gasteiger partial charge in [-0.2, -0.15) is 0 Å². The predicted octanol–water partition coefficient (Wildman–Crippen LogP) is 1.90. The Morgan fingerprint density at radius 3 is 2.84 bits per heavy atom. The Balaban J connectivity index is 1.53. The minimum Gasteiger partial charge on any atom is -0.349 e. The summed E-state index contributed by atoms with van der Waals surface area (Å²) in [7, 11) is 0. The van der Waals surface area contributed by atoms with Gasteiger partial charge < -0.3 is 9.88 Å². The van der Waals surface area contributed by atoms with E-state index < -0.39 is 0 Å². The highest BCUT2D eigenvalue weighted by atomic mass is 19.1. The Kier molecular flexibility index (Phi) is 5.45. The third-order valence-corrected chi connectivity index (χ3v) is 4.30. The lowest BCUT2D eigenvalue weighted by atomic mass is 10.0. The van der Waals surface area contributed by atoms with Crippen molar-refractivity contribution in [3.8, 4) is 0 Å². The number of amides is 1. The van der Waals surface area contributed by atoms with Gasteiger partial charge in [-0.05, 0) is 30.0 Å². The molecule has 3 N–H and O–H groups in total. The average molecular weight is 345 g/mol. The molecule has 0 bridgehead atoms. The summed E-state index contributed by atoms with van der Waals surface area (Å²) in [6.07, 6.45) is 4.19. The molecule has 1 aromatic carbocycles.